The summed E-state index contributed by atoms with van der Waals surface area (Å²) < 4.78 is 0. The smallest absolute Gasteiger partial charge is 0.0337 e. The first-order chi connectivity index (χ1) is 7.04. The molecular weight excluding hydrogens is 182 g/mol. The SMILES string of the molecule is Cc1c(C)c(C)c([C@@H]2CCN2)c(C)c1C. The molecule has 0 aromatic heterocycles. The molecule has 0 aliphatic carbocycles. The Morgan fingerprint density at radius 2 is 1.20 bits per heavy atom. The van der Waals surface area contributed by atoms with Crippen molar-refractivity contribution in [2.24, 2.45) is 0 Å². The topological polar surface area (TPSA) is 12.0 Å². The largest absolute Gasteiger partial charge is 0.310 e. The van der Waals surface area contributed by atoms with E-state index in [1.807, 2.05) is 0 Å². The summed E-state index contributed by atoms with van der Waals surface area (Å²) in [5.74, 6) is 0. The van der Waals surface area contributed by atoms with Crippen molar-refractivity contribution in [3.8, 4) is 0 Å². The van der Waals surface area contributed by atoms with Crippen LogP contribution in [0.2, 0.25) is 0 Å². The molecule has 1 heteroatoms. The molecule has 0 spiro atoms. The molecule has 0 bridgehead atoms. The minimum absolute atomic E-state index is 0.614. The number of hydrogen-bond donors (Lipinski definition) is 1. The highest BCUT2D eigenvalue weighted by molar-refractivity contribution is 5.51. The van der Waals surface area contributed by atoms with Crippen LogP contribution in [-0.4, -0.2) is 6.54 Å². The summed E-state index contributed by atoms with van der Waals surface area (Å²) in [6, 6.07) is 0.614. The number of nitrogens with one attached hydrogen (secondary N) is 1. The van der Waals surface area contributed by atoms with Gasteiger partial charge in [0.25, 0.3) is 0 Å². The van der Waals surface area contributed by atoms with Crippen molar-refractivity contribution in [3.05, 3.63) is 33.4 Å². The predicted molar refractivity (Wildman–Crippen MR) is 65.5 cm³/mol. The van der Waals surface area contributed by atoms with Crippen LogP contribution < -0.4 is 5.32 Å². The highest BCUT2D eigenvalue weighted by Crippen LogP contribution is 2.34. The molecule has 15 heavy (non-hydrogen) atoms. The van der Waals surface area contributed by atoms with Crippen LogP contribution in [0.3, 0.4) is 0 Å². The fourth-order valence-corrected chi connectivity index (χ4v) is 2.59. The lowest BCUT2D eigenvalue weighted by Crippen LogP contribution is -2.36. The van der Waals surface area contributed by atoms with Gasteiger partial charge in [0.05, 0.1) is 0 Å². The van der Waals surface area contributed by atoms with Gasteiger partial charge in [0.2, 0.25) is 0 Å². The monoisotopic (exact) mass is 203 g/mol. The molecule has 0 saturated carbocycles. The van der Waals surface area contributed by atoms with E-state index >= 15 is 0 Å². The van der Waals surface area contributed by atoms with Crippen LogP contribution in [0.1, 0.15) is 45.8 Å². The summed E-state index contributed by atoms with van der Waals surface area (Å²) in [6.45, 7) is 12.4. The lowest BCUT2D eigenvalue weighted by Gasteiger charge is -2.32. The van der Waals surface area contributed by atoms with Crippen LogP contribution in [0.5, 0.6) is 0 Å². The molecule has 1 saturated heterocycles. The third-order valence-electron chi connectivity index (χ3n) is 4.23. The van der Waals surface area contributed by atoms with E-state index < -0.39 is 0 Å². The van der Waals surface area contributed by atoms with E-state index in [4.69, 9.17) is 0 Å². The molecule has 0 unspecified atom stereocenters. The fraction of sp³-hybridized carbons (Fsp3) is 0.571. The Kier molecular flexibility index (Phi) is 2.59. The number of rotatable bonds is 1. The third kappa shape index (κ3) is 1.50. The van der Waals surface area contributed by atoms with Crippen LogP contribution >= 0.6 is 0 Å². The molecule has 1 aromatic rings. The van der Waals surface area contributed by atoms with Crippen LogP contribution in [0.25, 0.3) is 0 Å². The van der Waals surface area contributed by atoms with E-state index in [1.165, 1.54) is 40.8 Å². The van der Waals surface area contributed by atoms with Crippen molar-refractivity contribution in [2.45, 2.75) is 47.1 Å². The molecule has 1 atom stereocenters. The maximum atomic E-state index is 3.52. The molecule has 2 rings (SSSR count). The highest BCUT2D eigenvalue weighted by Gasteiger charge is 2.24. The van der Waals surface area contributed by atoms with Crippen molar-refractivity contribution in [1.82, 2.24) is 5.32 Å². The minimum Gasteiger partial charge on any atom is -0.310 e. The lowest BCUT2D eigenvalue weighted by molar-refractivity contribution is 0.380. The van der Waals surface area contributed by atoms with Crippen molar-refractivity contribution in [1.29, 1.82) is 0 Å². The first kappa shape index (κ1) is 10.7. The summed E-state index contributed by atoms with van der Waals surface area (Å²) in [7, 11) is 0. The lowest BCUT2D eigenvalue weighted by atomic mass is 9.83. The predicted octanol–water partition coefficient (Wildman–Crippen LogP) is 3.26. The van der Waals surface area contributed by atoms with Crippen molar-refractivity contribution >= 4 is 0 Å². The van der Waals surface area contributed by atoms with E-state index in [2.05, 4.69) is 39.9 Å². The Balaban J connectivity index is 2.62. The van der Waals surface area contributed by atoms with Gasteiger partial charge in [0, 0.05) is 6.04 Å². The van der Waals surface area contributed by atoms with Crippen LogP contribution in [0, 0.1) is 34.6 Å². The van der Waals surface area contributed by atoms with Crippen LogP contribution in [0.4, 0.5) is 0 Å². The first-order valence-corrected chi connectivity index (χ1v) is 5.84. The molecule has 1 aliphatic rings. The second-order valence-corrected chi connectivity index (χ2v) is 4.83. The van der Waals surface area contributed by atoms with E-state index in [1.54, 1.807) is 5.56 Å². The number of hydrogen-bond acceptors (Lipinski definition) is 1. The Hall–Kier alpha value is -0.820. The Morgan fingerprint density at radius 1 is 0.800 bits per heavy atom. The summed E-state index contributed by atoms with van der Waals surface area (Å²) in [5.41, 5.74) is 8.96. The van der Waals surface area contributed by atoms with Gasteiger partial charge in [-0.3, -0.25) is 0 Å². The average molecular weight is 203 g/mol. The zero-order chi connectivity index (χ0) is 11.2. The van der Waals surface area contributed by atoms with Crippen molar-refractivity contribution in [3.63, 3.8) is 0 Å². The molecule has 0 radical (unpaired) electrons. The molecule has 0 amide bonds. The summed E-state index contributed by atoms with van der Waals surface area (Å²) in [5, 5.41) is 3.52. The summed E-state index contributed by atoms with van der Waals surface area (Å²) >= 11 is 0. The molecule has 1 N–H and O–H groups in total. The molecule has 82 valence electrons. The van der Waals surface area contributed by atoms with Crippen LogP contribution in [-0.2, 0) is 0 Å². The molecule has 1 fully saturated rings. The second-order valence-electron chi connectivity index (χ2n) is 4.83. The van der Waals surface area contributed by atoms with Gasteiger partial charge in [-0.15, -0.1) is 0 Å². The van der Waals surface area contributed by atoms with E-state index in [9.17, 15) is 0 Å². The van der Waals surface area contributed by atoms with Gasteiger partial charge in [-0.2, -0.15) is 0 Å². The highest BCUT2D eigenvalue weighted by atomic mass is 15.0. The standard InChI is InChI=1S/C14H21N/c1-8-9(2)11(4)14(12(5)10(8)3)13-6-7-15-13/h13,15H,6-7H2,1-5H3/t13-/m0/s1. The van der Waals surface area contributed by atoms with E-state index in [0.29, 0.717) is 6.04 Å². The average Bonchev–Trinajstić information content (AvgIpc) is 2.15. The van der Waals surface area contributed by atoms with Gasteiger partial charge in [0.1, 0.15) is 0 Å². The fourth-order valence-electron chi connectivity index (χ4n) is 2.59. The van der Waals surface area contributed by atoms with Gasteiger partial charge >= 0.3 is 0 Å². The third-order valence-corrected chi connectivity index (χ3v) is 4.23. The zero-order valence-corrected chi connectivity index (χ0v) is 10.5. The molecule has 1 nitrogen and oxygen atoms in total. The second kappa shape index (κ2) is 3.64. The molecule has 1 aliphatic heterocycles. The number of benzene rings is 1. The Morgan fingerprint density at radius 3 is 1.53 bits per heavy atom. The van der Waals surface area contributed by atoms with Crippen molar-refractivity contribution < 1.29 is 0 Å². The Bertz CT molecular complexity index is 371. The van der Waals surface area contributed by atoms with E-state index in [-0.39, 0.29) is 0 Å². The van der Waals surface area contributed by atoms with Gasteiger partial charge in [-0.25, -0.2) is 0 Å². The van der Waals surface area contributed by atoms with Gasteiger partial charge in [-0.1, -0.05) is 0 Å². The molecule has 1 heterocycles. The van der Waals surface area contributed by atoms with Crippen molar-refractivity contribution in [2.75, 3.05) is 6.54 Å². The van der Waals surface area contributed by atoms with Gasteiger partial charge in [-0.05, 0) is 81.0 Å². The molecule has 1 aromatic carbocycles. The maximum Gasteiger partial charge on any atom is 0.0337 e. The first-order valence-electron chi connectivity index (χ1n) is 5.84. The van der Waals surface area contributed by atoms with Crippen LogP contribution in [0.15, 0.2) is 0 Å². The van der Waals surface area contributed by atoms with E-state index in [0.717, 1.165) is 0 Å². The Labute approximate surface area is 92.9 Å². The quantitative estimate of drug-likeness (QED) is 0.738. The normalized spacial score (nSPS) is 20.2. The zero-order valence-electron chi connectivity index (χ0n) is 10.5. The van der Waals surface area contributed by atoms with Gasteiger partial charge in [0.15, 0.2) is 0 Å². The molecular formula is C14H21N. The summed E-state index contributed by atoms with van der Waals surface area (Å²) in [4.78, 5) is 0. The maximum absolute atomic E-state index is 3.52. The summed E-state index contributed by atoms with van der Waals surface area (Å²) in [6.07, 6.45) is 1.30. The van der Waals surface area contributed by atoms with Gasteiger partial charge < -0.3 is 5.32 Å². The minimum atomic E-state index is 0.614.